The fourth-order valence-corrected chi connectivity index (χ4v) is 2.96. The Labute approximate surface area is 116 Å². The third-order valence-corrected chi connectivity index (χ3v) is 3.89. The Hall–Kier alpha value is -0.643. The van der Waals surface area contributed by atoms with E-state index in [2.05, 4.69) is 20.0 Å². The molecule has 0 aromatic heterocycles. The molecule has 0 bridgehead atoms. The van der Waals surface area contributed by atoms with Crippen molar-refractivity contribution >= 4 is 26.4 Å². The summed E-state index contributed by atoms with van der Waals surface area (Å²) in [6, 6.07) is 7.19. The van der Waals surface area contributed by atoms with Gasteiger partial charge in [0.15, 0.2) is 14.8 Å². The number of Topliss-reactive ketones (excluding diaryl/α,β-unsaturated/α-hetero) is 1. The summed E-state index contributed by atoms with van der Waals surface area (Å²) in [5.41, 5.74) is 0.579. The normalized spacial score (nSPS) is 12.7. The second kappa shape index (κ2) is 7.72. The van der Waals surface area contributed by atoms with Gasteiger partial charge in [0.05, 0.1) is 5.02 Å². The quantitative estimate of drug-likeness (QED) is 0.557. The van der Waals surface area contributed by atoms with Crippen LogP contribution in [0.5, 0.6) is 0 Å². The minimum atomic E-state index is -1.23. The van der Waals surface area contributed by atoms with E-state index in [1.807, 2.05) is 12.1 Å². The lowest BCUT2D eigenvalue weighted by molar-refractivity contribution is 0.0774. The van der Waals surface area contributed by atoms with Crippen LogP contribution in [0.4, 0.5) is 0 Å². The summed E-state index contributed by atoms with van der Waals surface area (Å²) in [4.78, 5) is 12.4. The van der Waals surface area contributed by atoms with Crippen molar-refractivity contribution in [2.45, 2.75) is 45.4 Å². The van der Waals surface area contributed by atoms with Gasteiger partial charge in [-0.05, 0) is 31.6 Å². The van der Waals surface area contributed by atoms with Crippen LogP contribution in [0.2, 0.25) is 18.1 Å². The van der Waals surface area contributed by atoms with Crippen LogP contribution >= 0.6 is 11.6 Å². The van der Waals surface area contributed by atoms with Crippen LogP contribution < -0.4 is 0 Å². The Morgan fingerprint density at radius 2 is 2.06 bits per heavy atom. The molecular weight excluding hydrogens is 264 g/mol. The molecule has 0 aliphatic heterocycles. The third kappa shape index (κ3) is 4.56. The van der Waals surface area contributed by atoms with Gasteiger partial charge in [-0.1, -0.05) is 43.5 Å². The maximum atomic E-state index is 12.4. The standard InChI is InChI=1S/C14H21ClO2Si/c1-4-5-10-13(17-18(2)3)14(16)11-8-6-7-9-12(11)15/h6-9,13,18H,4-5,10H2,1-3H3. The van der Waals surface area contributed by atoms with Crippen molar-refractivity contribution in [2.75, 3.05) is 0 Å². The Morgan fingerprint density at radius 1 is 1.39 bits per heavy atom. The Morgan fingerprint density at radius 3 is 2.61 bits per heavy atom. The lowest BCUT2D eigenvalue weighted by Crippen LogP contribution is -2.29. The predicted molar refractivity (Wildman–Crippen MR) is 79.1 cm³/mol. The number of carbonyl (C=O) groups is 1. The van der Waals surface area contributed by atoms with Gasteiger partial charge in [0.1, 0.15) is 6.10 Å². The monoisotopic (exact) mass is 284 g/mol. The van der Waals surface area contributed by atoms with Crippen molar-refractivity contribution in [3.05, 3.63) is 34.9 Å². The average molecular weight is 285 g/mol. The van der Waals surface area contributed by atoms with E-state index in [1.165, 1.54) is 0 Å². The van der Waals surface area contributed by atoms with E-state index in [9.17, 15) is 4.79 Å². The number of carbonyl (C=O) groups excluding carboxylic acids is 1. The largest absolute Gasteiger partial charge is 0.410 e. The molecule has 0 N–H and O–H groups in total. The number of benzene rings is 1. The highest BCUT2D eigenvalue weighted by molar-refractivity contribution is 6.48. The Bertz CT molecular complexity index is 393. The van der Waals surface area contributed by atoms with Gasteiger partial charge in [0.2, 0.25) is 0 Å². The summed E-state index contributed by atoms with van der Waals surface area (Å²) in [5, 5.41) is 0.512. The molecule has 100 valence electrons. The Kier molecular flexibility index (Phi) is 6.61. The molecule has 0 fully saturated rings. The highest BCUT2D eigenvalue weighted by Crippen LogP contribution is 2.20. The molecule has 1 unspecified atom stereocenters. The van der Waals surface area contributed by atoms with E-state index in [0.717, 1.165) is 19.3 Å². The number of hydrogen-bond acceptors (Lipinski definition) is 2. The predicted octanol–water partition coefficient (Wildman–Crippen LogP) is 4.08. The third-order valence-electron chi connectivity index (χ3n) is 2.69. The molecule has 0 saturated heterocycles. The summed E-state index contributed by atoms with van der Waals surface area (Å²) in [6.45, 7) is 6.28. The van der Waals surface area contributed by atoms with Crippen LogP contribution in [0.1, 0.15) is 36.5 Å². The van der Waals surface area contributed by atoms with E-state index in [-0.39, 0.29) is 11.9 Å². The topological polar surface area (TPSA) is 26.3 Å². The first-order valence-electron chi connectivity index (χ1n) is 6.50. The lowest BCUT2D eigenvalue weighted by Gasteiger charge is -2.19. The van der Waals surface area contributed by atoms with Crippen molar-refractivity contribution in [1.82, 2.24) is 0 Å². The maximum absolute atomic E-state index is 12.4. The molecule has 0 saturated carbocycles. The first kappa shape index (κ1) is 15.4. The van der Waals surface area contributed by atoms with E-state index in [4.69, 9.17) is 16.0 Å². The minimum Gasteiger partial charge on any atom is -0.410 e. The van der Waals surface area contributed by atoms with Gasteiger partial charge in [-0.15, -0.1) is 0 Å². The molecule has 0 amide bonds. The van der Waals surface area contributed by atoms with E-state index in [0.29, 0.717) is 10.6 Å². The summed E-state index contributed by atoms with van der Waals surface area (Å²) >= 11 is 6.07. The fraction of sp³-hybridized carbons (Fsp3) is 0.500. The molecule has 0 aliphatic rings. The van der Waals surface area contributed by atoms with Crippen LogP contribution in [0.25, 0.3) is 0 Å². The number of halogens is 1. The second-order valence-corrected chi connectivity index (χ2v) is 7.44. The molecule has 0 radical (unpaired) electrons. The van der Waals surface area contributed by atoms with Gasteiger partial charge >= 0.3 is 0 Å². The SMILES string of the molecule is CCCCC(O[SiH](C)C)C(=O)c1ccccc1Cl. The van der Waals surface area contributed by atoms with Crippen molar-refractivity contribution in [3.8, 4) is 0 Å². The van der Waals surface area contributed by atoms with Gasteiger partial charge in [0.25, 0.3) is 0 Å². The lowest BCUT2D eigenvalue weighted by atomic mass is 10.0. The highest BCUT2D eigenvalue weighted by Gasteiger charge is 2.22. The summed E-state index contributed by atoms with van der Waals surface area (Å²) in [6.07, 6.45) is 2.53. The minimum absolute atomic E-state index is 0.0234. The summed E-state index contributed by atoms with van der Waals surface area (Å²) < 4.78 is 5.85. The van der Waals surface area contributed by atoms with Crippen LogP contribution in [-0.4, -0.2) is 20.9 Å². The van der Waals surface area contributed by atoms with Crippen molar-refractivity contribution < 1.29 is 9.22 Å². The van der Waals surface area contributed by atoms with E-state index < -0.39 is 9.04 Å². The zero-order valence-corrected chi connectivity index (χ0v) is 13.2. The van der Waals surface area contributed by atoms with Gasteiger partial charge < -0.3 is 4.43 Å². The molecule has 1 aromatic carbocycles. The van der Waals surface area contributed by atoms with Crippen molar-refractivity contribution in [1.29, 1.82) is 0 Å². The number of unbranched alkanes of at least 4 members (excludes halogenated alkanes) is 1. The second-order valence-electron chi connectivity index (χ2n) is 4.66. The van der Waals surface area contributed by atoms with E-state index >= 15 is 0 Å². The maximum Gasteiger partial charge on any atom is 0.191 e. The first-order chi connectivity index (χ1) is 8.56. The van der Waals surface area contributed by atoms with Crippen LogP contribution in [-0.2, 0) is 4.43 Å². The molecule has 1 aromatic rings. The molecule has 4 heteroatoms. The molecular formula is C14H21ClO2Si. The fourth-order valence-electron chi connectivity index (χ4n) is 1.81. The molecule has 2 nitrogen and oxygen atoms in total. The van der Waals surface area contributed by atoms with Gasteiger partial charge in [-0.2, -0.15) is 0 Å². The van der Waals surface area contributed by atoms with E-state index in [1.54, 1.807) is 12.1 Å². The van der Waals surface area contributed by atoms with Crippen LogP contribution in [0, 0.1) is 0 Å². The van der Waals surface area contributed by atoms with Crippen LogP contribution in [0.3, 0.4) is 0 Å². The zero-order valence-electron chi connectivity index (χ0n) is 11.3. The first-order valence-corrected chi connectivity index (χ1v) is 9.66. The molecule has 18 heavy (non-hydrogen) atoms. The molecule has 1 atom stereocenters. The van der Waals surface area contributed by atoms with Crippen molar-refractivity contribution in [3.63, 3.8) is 0 Å². The average Bonchev–Trinajstić information content (AvgIpc) is 2.34. The number of rotatable bonds is 7. The van der Waals surface area contributed by atoms with Gasteiger partial charge in [-0.25, -0.2) is 0 Å². The van der Waals surface area contributed by atoms with Crippen LogP contribution in [0.15, 0.2) is 24.3 Å². The number of hydrogen-bond donors (Lipinski definition) is 0. The molecule has 0 heterocycles. The highest BCUT2D eigenvalue weighted by atomic mass is 35.5. The Balaban J connectivity index is 2.84. The summed E-state index contributed by atoms with van der Waals surface area (Å²) in [7, 11) is -1.23. The number of ketones is 1. The van der Waals surface area contributed by atoms with Gasteiger partial charge in [0, 0.05) is 5.56 Å². The molecule has 0 spiro atoms. The summed E-state index contributed by atoms with van der Waals surface area (Å²) in [5.74, 6) is 0.0234. The molecule has 0 aliphatic carbocycles. The zero-order chi connectivity index (χ0) is 13.5. The molecule has 1 rings (SSSR count). The smallest absolute Gasteiger partial charge is 0.191 e. The van der Waals surface area contributed by atoms with Crippen molar-refractivity contribution in [2.24, 2.45) is 0 Å². The van der Waals surface area contributed by atoms with Gasteiger partial charge in [-0.3, -0.25) is 4.79 Å².